The molecule has 0 aromatic carbocycles. The first kappa shape index (κ1) is 9.24. The summed E-state index contributed by atoms with van der Waals surface area (Å²) in [5.74, 6) is -0.807. The van der Waals surface area contributed by atoms with Crippen LogP contribution in [-0.4, -0.2) is 22.5 Å². The number of hydrogen-bond acceptors (Lipinski definition) is 4. The highest BCUT2D eigenvalue weighted by Gasteiger charge is 2.15. The molecule has 0 amide bonds. The number of nitrogens with zero attached hydrogens (tertiary/aromatic N) is 1. The van der Waals surface area contributed by atoms with Crippen LogP contribution < -0.4 is 0 Å². The van der Waals surface area contributed by atoms with Gasteiger partial charge in [-0.2, -0.15) is 0 Å². The number of rotatable bonds is 3. The van der Waals surface area contributed by atoms with Crippen LogP contribution in [0.2, 0.25) is 0 Å². The summed E-state index contributed by atoms with van der Waals surface area (Å²) in [4.78, 5) is 22.9. The molecule has 0 fully saturated rings. The lowest BCUT2D eigenvalue weighted by molar-refractivity contribution is -0.389. The molecule has 6 nitrogen and oxygen atoms in total. The largest absolute Gasteiger partial charge is 0.460 e. The number of nitro groups is 1. The summed E-state index contributed by atoms with van der Waals surface area (Å²) in [5.41, 5.74) is 0.0913. The van der Waals surface area contributed by atoms with E-state index in [0.717, 1.165) is 0 Å². The molecule has 0 unspecified atom stereocenters. The molecular formula is C7H8N2O4. The van der Waals surface area contributed by atoms with Gasteiger partial charge in [-0.3, -0.25) is 0 Å². The normalized spacial score (nSPS) is 9.62. The minimum atomic E-state index is -0.608. The lowest BCUT2D eigenvalue weighted by Gasteiger charge is -1.94. The number of aromatic amines is 1. The van der Waals surface area contributed by atoms with Crippen LogP contribution in [0.4, 0.5) is 5.82 Å². The molecule has 6 heteroatoms. The van der Waals surface area contributed by atoms with E-state index in [0.29, 0.717) is 0 Å². The van der Waals surface area contributed by atoms with Crippen molar-refractivity contribution >= 4 is 11.8 Å². The van der Waals surface area contributed by atoms with E-state index in [-0.39, 0.29) is 18.1 Å². The Bertz CT molecular complexity index is 331. The molecule has 1 aromatic rings. The zero-order valence-electron chi connectivity index (χ0n) is 6.94. The van der Waals surface area contributed by atoms with Gasteiger partial charge in [-0.15, -0.1) is 0 Å². The summed E-state index contributed by atoms with van der Waals surface area (Å²) in [6.45, 7) is 1.90. The summed E-state index contributed by atoms with van der Waals surface area (Å²) >= 11 is 0. The van der Waals surface area contributed by atoms with Gasteiger partial charge in [0.2, 0.25) is 5.69 Å². The first-order valence-corrected chi connectivity index (χ1v) is 3.65. The monoisotopic (exact) mass is 184 g/mol. The first-order chi connectivity index (χ1) is 6.15. The van der Waals surface area contributed by atoms with E-state index < -0.39 is 10.9 Å². The van der Waals surface area contributed by atoms with Crippen LogP contribution in [-0.2, 0) is 4.74 Å². The Morgan fingerprint density at radius 3 is 2.85 bits per heavy atom. The van der Waals surface area contributed by atoms with Crippen molar-refractivity contribution in [1.82, 2.24) is 4.98 Å². The number of H-pyrrole nitrogens is 1. The van der Waals surface area contributed by atoms with Crippen LogP contribution in [0.5, 0.6) is 0 Å². The SMILES string of the molecule is CCOC(=O)c1ccc([N+](=O)[O-])[nH]1. The zero-order valence-corrected chi connectivity index (χ0v) is 6.94. The smallest absolute Gasteiger partial charge is 0.378 e. The zero-order chi connectivity index (χ0) is 9.84. The lowest BCUT2D eigenvalue weighted by atomic mass is 10.4. The molecule has 0 saturated heterocycles. The third-order valence-corrected chi connectivity index (χ3v) is 1.36. The van der Waals surface area contributed by atoms with Crippen molar-refractivity contribution in [2.24, 2.45) is 0 Å². The molecule has 0 atom stereocenters. The molecule has 13 heavy (non-hydrogen) atoms. The molecule has 0 bridgehead atoms. The van der Waals surface area contributed by atoms with Crippen molar-refractivity contribution in [3.63, 3.8) is 0 Å². The summed E-state index contributed by atoms with van der Waals surface area (Å²) in [6.07, 6.45) is 0. The van der Waals surface area contributed by atoms with Gasteiger partial charge in [-0.1, -0.05) is 0 Å². The summed E-state index contributed by atoms with van der Waals surface area (Å²) < 4.78 is 4.63. The number of hydrogen-bond donors (Lipinski definition) is 1. The second kappa shape index (κ2) is 3.70. The van der Waals surface area contributed by atoms with E-state index >= 15 is 0 Å². The van der Waals surface area contributed by atoms with Gasteiger partial charge in [0.15, 0.2) is 0 Å². The second-order valence-electron chi connectivity index (χ2n) is 2.23. The fourth-order valence-electron chi connectivity index (χ4n) is 0.818. The van der Waals surface area contributed by atoms with Crippen molar-refractivity contribution in [2.45, 2.75) is 6.92 Å². The van der Waals surface area contributed by atoms with Gasteiger partial charge in [0, 0.05) is 12.1 Å². The van der Waals surface area contributed by atoms with Crippen LogP contribution in [0, 0.1) is 10.1 Å². The lowest BCUT2D eigenvalue weighted by Crippen LogP contribution is -2.04. The molecule has 70 valence electrons. The molecule has 1 rings (SSSR count). The number of carbonyl (C=O) groups excluding carboxylic acids is 1. The maximum Gasteiger partial charge on any atom is 0.378 e. The van der Waals surface area contributed by atoms with E-state index in [9.17, 15) is 14.9 Å². The van der Waals surface area contributed by atoms with Gasteiger partial charge >= 0.3 is 11.8 Å². The minimum absolute atomic E-state index is 0.0913. The first-order valence-electron chi connectivity index (χ1n) is 3.65. The van der Waals surface area contributed by atoms with E-state index in [4.69, 9.17) is 0 Å². The average Bonchev–Trinajstić information content (AvgIpc) is 2.52. The van der Waals surface area contributed by atoms with E-state index in [1.807, 2.05) is 0 Å². The number of aromatic nitrogens is 1. The molecule has 0 saturated carbocycles. The Labute approximate surface area is 73.7 Å². The standard InChI is InChI=1S/C7H8N2O4/c1-2-13-7(10)5-3-4-6(8-5)9(11)12/h3-4,8H,2H2,1H3. The molecule has 0 aliphatic heterocycles. The maximum absolute atomic E-state index is 11.0. The van der Waals surface area contributed by atoms with Crippen LogP contribution in [0.3, 0.4) is 0 Å². The summed E-state index contributed by atoms with van der Waals surface area (Å²) in [7, 11) is 0. The van der Waals surface area contributed by atoms with Crippen molar-refractivity contribution in [3.8, 4) is 0 Å². The van der Waals surface area contributed by atoms with Crippen LogP contribution >= 0.6 is 0 Å². The Kier molecular flexibility index (Phi) is 2.63. The van der Waals surface area contributed by atoms with Crippen molar-refractivity contribution < 1.29 is 14.5 Å². The van der Waals surface area contributed by atoms with Crippen molar-refractivity contribution in [3.05, 3.63) is 27.9 Å². The van der Waals surface area contributed by atoms with Crippen LogP contribution in [0.25, 0.3) is 0 Å². The molecule has 0 radical (unpaired) electrons. The van der Waals surface area contributed by atoms with Crippen LogP contribution in [0.1, 0.15) is 17.4 Å². The predicted octanol–water partition coefficient (Wildman–Crippen LogP) is 1.10. The van der Waals surface area contributed by atoms with Gasteiger partial charge in [-0.05, 0) is 11.8 Å². The van der Waals surface area contributed by atoms with Gasteiger partial charge in [0.1, 0.15) is 0 Å². The Hall–Kier alpha value is -1.85. The van der Waals surface area contributed by atoms with E-state index in [1.165, 1.54) is 12.1 Å². The molecule has 0 aliphatic rings. The predicted molar refractivity (Wildman–Crippen MR) is 43.4 cm³/mol. The van der Waals surface area contributed by atoms with Gasteiger partial charge < -0.3 is 14.9 Å². The number of esters is 1. The molecule has 0 aliphatic carbocycles. The summed E-state index contributed by atoms with van der Waals surface area (Å²) in [5, 5.41) is 10.2. The van der Waals surface area contributed by atoms with Gasteiger partial charge in [-0.25, -0.2) is 9.78 Å². The fourth-order valence-corrected chi connectivity index (χ4v) is 0.818. The van der Waals surface area contributed by atoms with Gasteiger partial charge in [0.25, 0.3) is 0 Å². The third-order valence-electron chi connectivity index (χ3n) is 1.36. The third kappa shape index (κ3) is 2.05. The quantitative estimate of drug-likeness (QED) is 0.433. The second-order valence-corrected chi connectivity index (χ2v) is 2.23. The van der Waals surface area contributed by atoms with Crippen molar-refractivity contribution in [2.75, 3.05) is 6.61 Å². The molecule has 0 spiro atoms. The number of carbonyl (C=O) groups is 1. The Balaban J connectivity index is 2.79. The fraction of sp³-hybridized carbons (Fsp3) is 0.286. The molecule has 1 aromatic heterocycles. The van der Waals surface area contributed by atoms with E-state index in [2.05, 4.69) is 9.72 Å². The molecular weight excluding hydrogens is 176 g/mol. The average molecular weight is 184 g/mol. The highest BCUT2D eigenvalue weighted by molar-refractivity contribution is 5.87. The van der Waals surface area contributed by atoms with Gasteiger partial charge in [0.05, 0.1) is 6.61 Å². The van der Waals surface area contributed by atoms with E-state index in [1.54, 1.807) is 6.92 Å². The van der Waals surface area contributed by atoms with Crippen LogP contribution in [0.15, 0.2) is 12.1 Å². The molecule has 1 heterocycles. The highest BCUT2D eigenvalue weighted by Crippen LogP contribution is 2.10. The minimum Gasteiger partial charge on any atom is -0.460 e. The molecule has 1 N–H and O–H groups in total. The highest BCUT2D eigenvalue weighted by atomic mass is 16.6. The Morgan fingerprint density at radius 1 is 1.69 bits per heavy atom. The summed E-state index contributed by atoms with van der Waals surface area (Å²) in [6, 6.07) is 2.53. The number of ether oxygens (including phenoxy) is 1. The Morgan fingerprint density at radius 2 is 2.38 bits per heavy atom. The number of nitrogens with one attached hydrogen (secondary N) is 1. The van der Waals surface area contributed by atoms with Crippen molar-refractivity contribution in [1.29, 1.82) is 0 Å². The topological polar surface area (TPSA) is 85.2 Å². The maximum atomic E-state index is 11.0.